The molecule has 0 spiro atoms. The maximum absolute atomic E-state index is 10.6. The van der Waals surface area contributed by atoms with E-state index >= 15 is 0 Å². The summed E-state index contributed by atoms with van der Waals surface area (Å²) >= 11 is 0. The van der Waals surface area contributed by atoms with Gasteiger partial charge in [0.05, 0.1) is 13.1 Å². The van der Waals surface area contributed by atoms with E-state index in [9.17, 15) is 10.2 Å². The van der Waals surface area contributed by atoms with E-state index < -0.39 is 6.10 Å². The first-order valence-electron chi connectivity index (χ1n) is 9.69. The summed E-state index contributed by atoms with van der Waals surface area (Å²) in [4.78, 5) is 5.86. The number of hydrogen-bond acceptors (Lipinski definition) is 3. The van der Waals surface area contributed by atoms with Crippen LogP contribution in [0.2, 0.25) is 0 Å². The predicted octanol–water partition coefficient (Wildman–Crippen LogP) is -4.41. The number of phenolic OH excluding ortho intramolecular Hbond substituents is 1. The van der Waals surface area contributed by atoms with Crippen LogP contribution >= 0.6 is 0 Å². The van der Waals surface area contributed by atoms with Crippen molar-refractivity contribution in [1.29, 1.82) is 0 Å². The zero-order valence-corrected chi connectivity index (χ0v) is 18.9. The highest BCUT2D eigenvalue weighted by molar-refractivity contribution is 5.73. The van der Waals surface area contributed by atoms with Gasteiger partial charge in [0.2, 0.25) is 0 Å². The molecular weight excluding hydrogens is 409 g/mol. The van der Waals surface area contributed by atoms with Crippen LogP contribution in [0, 0.1) is 20.8 Å². The van der Waals surface area contributed by atoms with Crippen molar-refractivity contribution in [3.63, 3.8) is 0 Å². The number of rotatable bonds is 7. The van der Waals surface area contributed by atoms with E-state index in [0.717, 1.165) is 36.3 Å². The van der Waals surface area contributed by atoms with Gasteiger partial charge in [0, 0.05) is 12.5 Å². The number of nitrogens with zero attached hydrogens (tertiary/aromatic N) is 1. The van der Waals surface area contributed by atoms with Crippen molar-refractivity contribution in [2.24, 2.45) is 4.99 Å². The molecule has 5 N–H and O–H groups in total. The van der Waals surface area contributed by atoms with E-state index in [1.54, 1.807) is 12.1 Å². The van der Waals surface area contributed by atoms with Gasteiger partial charge in [0.15, 0.2) is 12.0 Å². The van der Waals surface area contributed by atoms with Gasteiger partial charge in [-0.15, -0.1) is 0 Å². The zero-order chi connectivity index (χ0) is 19.6. The summed E-state index contributed by atoms with van der Waals surface area (Å²) in [5.41, 5.74) is 6.59. The van der Waals surface area contributed by atoms with Gasteiger partial charge in [0.1, 0.15) is 23.6 Å². The van der Waals surface area contributed by atoms with E-state index in [2.05, 4.69) is 36.3 Å². The summed E-state index contributed by atoms with van der Waals surface area (Å²) in [6.45, 7) is 10.1. The predicted molar refractivity (Wildman–Crippen MR) is 108 cm³/mol. The lowest BCUT2D eigenvalue weighted by molar-refractivity contribution is -0.734. The average molecular weight is 440 g/mol. The molecule has 0 aliphatic carbocycles. The number of phenols is 1. The van der Waals surface area contributed by atoms with Gasteiger partial charge in [-0.1, -0.05) is 6.07 Å². The van der Waals surface area contributed by atoms with Crippen molar-refractivity contribution < 1.29 is 45.2 Å². The zero-order valence-electron chi connectivity index (χ0n) is 17.4. The highest BCUT2D eigenvalue weighted by Crippen LogP contribution is 2.27. The molecule has 0 bridgehead atoms. The molecule has 0 radical (unpaired) electrons. The Labute approximate surface area is 185 Å². The fourth-order valence-electron chi connectivity index (χ4n) is 3.55. The smallest absolute Gasteiger partial charge is 0.194 e. The normalized spacial score (nSPS) is 16.5. The molecule has 160 valence electrons. The van der Waals surface area contributed by atoms with Crippen LogP contribution in [0.4, 0.5) is 11.4 Å². The number of aryl methyl sites for hydroxylation is 3. The Kier molecular flexibility index (Phi) is 9.59. The van der Waals surface area contributed by atoms with Crippen molar-refractivity contribution in [1.82, 2.24) is 0 Å². The van der Waals surface area contributed by atoms with Crippen molar-refractivity contribution in [3.8, 4) is 5.75 Å². The third kappa shape index (κ3) is 5.93. The maximum Gasteiger partial charge on any atom is 0.194 e. The summed E-state index contributed by atoms with van der Waals surface area (Å²) in [5, 5.41) is 22.4. The number of fused-ring (bicyclic) bond motifs is 1. The van der Waals surface area contributed by atoms with Gasteiger partial charge >= 0.3 is 0 Å². The van der Waals surface area contributed by atoms with Crippen LogP contribution in [0.3, 0.4) is 0 Å². The first-order chi connectivity index (χ1) is 12.9. The Morgan fingerprint density at radius 2 is 1.72 bits per heavy atom. The number of hydrogen-bond donors (Lipinski definition) is 4. The van der Waals surface area contributed by atoms with Crippen molar-refractivity contribution in [2.45, 2.75) is 46.3 Å². The molecule has 1 heterocycles. The molecule has 1 aliphatic heterocycles. The highest BCUT2D eigenvalue weighted by atomic mass is 35.5. The summed E-state index contributed by atoms with van der Waals surface area (Å²) in [6.07, 6.45) is 2.50. The second kappa shape index (κ2) is 11.0. The first kappa shape index (κ1) is 25.4. The fourth-order valence-corrected chi connectivity index (χ4v) is 3.55. The number of nitrogens with one attached hydrogen (secondary N) is 1. The monoisotopic (exact) mass is 439 g/mol. The number of aliphatic hydroxyl groups excluding tert-OH is 1. The third-order valence-corrected chi connectivity index (χ3v) is 5.57. The molecule has 5 nitrogen and oxygen atoms in total. The molecule has 3 rings (SSSR count). The lowest BCUT2D eigenvalue weighted by Crippen LogP contribution is -3.05. The molecule has 0 amide bonds. The summed E-state index contributed by atoms with van der Waals surface area (Å²) in [5.74, 6) is 0.267. The Hall–Kier alpha value is -1.63. The van der Waals surface area contributed by atoms with E-state index in [1.165, 1.54) is 21.7 Å². The molecule has 2 aromatic carbocycles. The molecule has 0 saturated carbocycles. The molecule has 0 aromatic heterocycles. The van der Waals surface area contributed by atoms with Crippen LogP contribution in [0.1, 0.15) is 41.7 Å². The van der Waals surface area contributed by atoms with Crippen LogP contribution in [0.5, 0.6) is 5.75 Å². The first-order valence-corrected chi connectivity index (χ1v) is 9.69. The van der Waals surface area contributed by atoms with Crippen molar-refractivity contribution in [2.75, 3.05) is 13.1 Å². The van der Waals surface area contributed by atoms with Gasteiger partial charge in [-0.2, -0.15) is 4.99 Å². The number of aliphatic hydroxyl groups is 1. The van der Waals surface area contributed by atoms with Crippen molar-refractivity contribution >= 4 is 17.7 Å². The molecule has 0 saturated heterocycles. The maximum atomic E-state index is 10.6. The van der Waals surface area contributed by atoms with Crippen LogP contribution in [-0.4, -0.2) is 35.7 Å². The van der Waals surface area contributed by atoms with Gasteiger partial charge in [-0.3, -0.25) is 4.90 Å². The Morgan fingerprint density at radius 1 is 1.03 bits per heavy atom. The molecule has 3 unspecified atom stereocenters. The molecule has 0 fully saturated rings. The minimum atomic E-state index is -0.545. The SMILES string of the molecule is Cc1cc2c(cc1C)[NH+](CCC[NH2+]C(C)C(O)c1ccc(O)c(C)c1)C=N2.[Cl-].[Cl-]. The number of aromatic hydroxyl groups is 1. The lowest BCUT2D eigenvalue weighted by atomic mass is 10.0. The molecule has 29 heavy (non-hydrogen) atoms. The molecule has 2 aromatic rings. The van der Waals surface area contributed by atoms with Crippen molar-refractivity contribution in [3.05, 3.63) is 52.6 Å². The minimum Gasteiger partial charge on any atom is -1.00 e. The summed E-state index contributed by atoms with van der Waals surface area (Å²) in [7, 11) is 0. The molecule has 7 heteroatoms. The Bertz CT molecular complexity index is 858. The van der Waals surface area contributed by atoms with E-state index in [1.807, 2.05) is 26.3 Å². The second-order valence-corrected chi connectivity index (χ2v) is 7.71. The third-order valence-electron chi connectivity index (χ3n) is 5.57. The summed E-state index contributed by atoms with van der Waals surface area (Å²) in [6, 6.07) is 9.78. The number of benzene rings is 2. The topological polar surface area (TPSA) is 73.9 Å². The van der Waals surface area contributed by atoms with E-state index in [0.29, 0.717) is 0 Å². The fraction of sp³-hybridized carbons (Fsp3) is 0.409. The Balaban J connectivity index is 0.00000210. The van der Waals surface area contributed by atoms with Crippen LogP contribution < -0.4 is 35.0 Å². The van der Waals surface area contributed by atoms with Crippen LogP contribution in [0.25, 0.3) is 0 Å². The number of halogens is 2. The van der Waals surface area contributed by atoms with Crippen LogP contribution in [0.15, 0.2) is 35.3 Å². The quantitative estimate of drug-likeness (QED) is 0.329. The Morgan fingerprint density at radius 3 is 2.41 bits per heavy atom. The van der Waals surface area contributed by atoms with E-state index in [-0.39, 0.29) is 36.6 Å². The number of quaternary nitrogens is 2. The summed E-state index contributed by atoms with van der Waals surface area (Å²) < 4.78 is 0. The number of aliphatic imine (C=N–C) groups is 1. The standard InChI is InChI=1S/C22H29N3O2.2ClH/c1-14-11-19-20(12-15(14)2)25(13-24-19)9-5-8-23-17(4)22(27)18-6-7-21(26)16(3)10-18;;/h6-7,10-13,17,22-23,26-27H,5,8-9H2,1-4H3;2*1H. The van der Waals surface area contributed by atoms with Gasteiger partial charge in [-0.25, -0.2) is 0 Å². The highest BCUT2D eigenvalue weighted by Gasteiger charge is 2.23. The largest absolute Gasteiger partial charge is 1.00 e. The van der Waals surface area contributed by atoms with Gasteiger partial charge < -0.3 is 40.3 Å². The second-order valence-electron chi connectivity index (χ2n) is 7.71. The van der Waals surface area contributed by atoms with Gasteiger partial charge in [-0.05, 0) is 68.1 Å². The lowest BCUT2D eigenvalue weighted by Gasteiger charge is -2.19. The van der Waals surface area contributed by atoms with Gasteiger partial charge in [0.25, 0.3) is 0 Å². The average Bonchev–Trinajstić information content (AvgIpc) is 3.02. The molecular formula is C22H31Cl2N3O2. The molecule has 3 atom stereocenters. The van der Waals surface area contributed by atoms with E-state index in [4.69, 9.17) is 0 Å². The minimum absolute atomic E-state index is 0. The number of nitrogens with two attached hydrogens (primary N) is 1. The molecule has 1 aliphatic rings. The van der Waals surface area contributed by atoms with Crippen LogP contribution in [-0.2, 0) is 0 Å².